The molecule has 0 saturated carbocycles. The molecule has 0 radical (unpaired) electrons. The Hall–Kier alpha value is -2.34. The van der Waals surface area contributed by atoms with E-state index in [0.717, 1.165) is 17.7 Å². The van der Waals surface area contributed by atoms with Crippen molar-refractivity contribution in [1.82, 2.24) is 5.32 Å². The van der Waals surface area contributed by atoms with Crippen LogP contribution in [0.1, 0.15) is 15.9 Å². The van der Waals surface area contributed by atoms with Gasteiger partial charge < -0.3 is 15.3 Å². The number of phenolic OH excluding ortho intramolecular Hbond substituents is 1. The summed E-state index contributed by atoms with van der Waals surface area (Å²) >= 11 is 5.78. The first-order chi connectivity index (χ1) is 11.4. The Kier molecular flexibility index (Phi) is 4.57. The van der Waals surface area contributed by atoms with E-state index in [1.807, 2.05) is 0 Å². The maximum Gasteiger partial charge on any atom is 0.254 e. The molecule has 1 aliphatic rings. The second kappa shape index (κ2) is 6.65. The van der Waals surface area contributed by atoms with Gasteiger partial charge in [0.05, 0.1) is 24.3 Å². The lowest BCUT2D eigenvalue weighted by Gasteiger charge is -2.36. The Morgan fingerprint density at radius 3 is 2.58 bits per heavy atom. The molecule has 0 unspecified atom stereocenters. The van der Waals surface area contributed by atoms with Gasteiger partial charge in [0.1, 0.15) is 17.7 Å². The van der Waals surface area contributed by atoms with Crippen molar-refractivity contribution >= 4 is 23.2 Å². The van der Waals surface area contributed by atoms with Gasteiger partial charge in [-0.2, -0.15) is 0 Å². The molecule has 1 amide bonds. The smallest absolute Gasteiger partial charge is 0.254 e. The van der Waals surface area contributed by atoms with E-state index in [0.29, 0.717) is 5.02 Å². The minimum atomic E-state index is -0.977. The number of carbonyl (C=O) groups excluding carboxylic acids is 1. The predicted molar refractivity (Wildman–Crippen MR) is 87.8 cm³/mol. The summed E-state index contributed by atoms with van der Waals surface area (Å²) in [5.74, 6) is -1.66. The zero-order valence-corrected chi connectivity index (χ0v) is 13.4. The number of phenols is 1. The zero-order chi connectivity index (χ0) is 17.3. The number of rotatable bonds is 4. The molecule has 7 heteroatoms. The number of amides is 1. The lowest BCUT2D eigenvalue weighted by Crippen LogP contribution is -2.48. The highest BCUT2D eigenvalue weighted by molar-refractivity contribution is 6.30. The quantitative estimate of drug-likeness (QED) is 0.888. The molecule has 2 aromatic rings. The fraction of sp³-hybridized carbons (Fsp3) is 0.235. The summed E-state index contributed by atoms with van der Waals surface area (Å²) in [5.41, 5.74) is 0.738. The van der Waals surface area contributed by atoms with Gasteiger partial charge in [-0.1, -0.05) is 23.7 Å². The Bertz CT molecular complexity index is 762. The SMILES string of the molecule is O=C(NCc1ccc(Cl)cc1)c1cc(O)c(N2CC(F)C2)cc1F. The number of hydrogen-bond donors (Lipinski definition) is 2. The van der Waals surface area contributed by atoms with Gasteiger partial charge in [-0.15, -0.1) is 0 Å². The minimum Gasteiger partial charge on any atom is -0.506 e. The van der Waals surface area contributed by atoms with Gasteiger partial charge in [0.2, 0.25) is 0 Å². The van der Waals surface area contributed by atoms with Gasteiger partial charge in [-0.25, -0.2) is 8.78 Å². The summed E-state index contributed by atoms with van der Waals surface area (Å²) in [7, 11) is 0. The van der Waals surface area contributed by atoms with Gasteiger partial charge in [0.15, 0.2) is 0 Å². The van der Waals surface area contributed by atoms with Crippen LogP contribution in [0.15, 0.2) is 36.4 Å². The molecule has 2 N–H and O–H groups in total. The topological polar surface area (TPSA) is 52.6 Å². The van der Waals surface area contributed by atoms with E-state index in [1.165, 1.54) is 4.90 Å². The summed E-state index contributed by atoms with van der Waals surface area (Å²) in [5, 5.41) is 13.1. The summed E-state index contributed by atoms with van der Waals surface area (Å²) in [6.07, 6.45) is -0.977. The fourth-order valence-corrected chi connectivity index (χ4v) is 2.61. The largest absolute Gasteiger partial charge is 0.506 e. The van der Waals surface area contributed by atoms with Crippen LogP contribution in [-0.4, -0.2) is 30.3 Å². The van der Waals surface area contributed by atoms with Crippen molar-refractivity contribution in [2.45, 2.75) is 12.7 Å². The number of halogens is 3. The fourth-order valence-electron chi connectivity index (χ4n) is 2.48. The van der Waals surface area contributed by atoms with Crippen molar-refractivity contribution in [2.75, 3.05) is 18.0 Å². The van der Waals surface area contributed by atoms with E-state index < -0.39 is 17.9 Å². The second-order valence-electron chi connectivity index (χ2n) is 5.63. The van der Waals surface area contributed by atoms with Gasteiger partial charge >= 0.3 is 0 Å². The van der Waals surface area contributed by atoms with Crippen molar-refractivity contribution in [1.29, 1.82) is 0 Å². The molecule has 0 spiro atoms. The normalized spacial score (nSPS) is 14.4. The second-order valence-corrected chi connectivity index (χ2v) is 6.07. The van der Waals surface area contributed by atoms with Crippen LogP contribution in [0.5, 0.6) is 5.75 Å². The summed E-state index contributed by atoms with van der Waals surface area (Å²) in [6, 6.07) is 8.99. The first kappa shape index (κ1) is 16.5. The third-order valence-corrected chi connectivity index (χ3v) is 4.10. The van der Waals surface area contributed by atoms with Crippen molar-refractivity contribution in [3.8, 4) is 5.75 Å². The van der Waals surface area contributed by atoms with Crippen LogP contribution in [0, 0.1) is 5.82 Å². The molecule has 1 fully saturated rings. The minimum absolute atomic E-state index is 0.106. The van der Waals surface area contributed by atoms with Gasteiger partial charge in [0.25, 0.3) is 5.91 Å². The molecule has 0 bridgehead atoms. The van der Waals surface area contributed by atoms with Crippen molar-refractivity contribution in [2.24, 2.45) is 0 Å². The molecule has 0 aliphatic carbocycles. The molecule has 24 heavy (non-hydrogen) atoms. The molecular formula is C17H15ClF2N2O2. The van der Waals surface area contributed by atoms with Crippen LogP contribution in [0.25, 0.3) is 0 Å². The predicted octanol–water partition coefficient (Wildman–Crippen LogP) is 3.27. The zero-order valence-electron chi connectivity index (χ0n) is 12.6. The Morgan fingerprint density at radius 1 is 1.29 bits per heavy atom. The maximum atomic E-state index is 14.2. The highest BCUT2D eigenvalue weighted by Crippen LogP contribution is 2.33. The molecule has 1 aliphatic heterocycles. The van der Waals surface area contributed by atoms with E-state index in [4.69, 9.17) is 11.6 Å². The number of nitrogens with zero attached hydrogens (tertiary/aromatic N) is 1. The molecule has 1 heterocycles. The lowest BCUT2D eigenvalue weighted by atomic mass is 10.1. The average molecular weight is 353 g/mol. The number of alkyl halides is 1. The summed E-state index contributed by atoms with van der Waals surface area (Å²) in [6.45, 7) is 0.415. The van der Waals surface area contributed by atoms with Crippen molar-refractivity contribution < 1.29 is 18.7 Å². The highest BCUT2D eigenvalue weighted by atomic mass is 35.5. The molecule has 1 saturated heterocycles. The van der Waals surface area contributed by atoms with E-state index in [9.17, 15) is 18.7 Å². The van der Waals surface area contributed by atoms with Crippen LogP contribution < -0.4 is 10.2 Å². The van der Waals surface area contributed by atoms with Crippen LogP contribution >= 0.6 is 11.6 Å². The Morgan fingerprint density at radius 2 is 1.96 bits per heavy atom. The molecule has 4 nitrogen and oxygen atoms in total. The molecule has 3 rings (SSSR count). The number of aromatic hydroxyl groups is 1. The standard InChI is InChI=1S/C17H15ClF2N2O2/c18-11-3-1-10(2-4-11)7-21-17(24)13-5-16(23)15(6-14(13)20)22-8-12(19)9-22/h1-6,12,23H,7-9H2,(H,21,24). The lowest BCUT2D eigenvalue weighted by molar-refractivity contribution is 0.0946. The monoisotopic (exact) mass is 352 g/mol. The van der Waals surface area contributed by atoms with Crippen molar-refractivity contribution in [3.63, 3.8) is 0 Å². The molecule has 2 aromatic carbocycles. The highest BCUT2D eigenvalue weighted by Gasteiger charge is 2.29. The number of hydrogen-bond acceptors (Lipinski definition) is 3. The average Bonchev–Trinajstić information content (AvgIpc) is 2.53. The van der Waals surface area contributed by atoms with Crippen LogP contribution in [-0.2, 0) is 6.54 Å². The third kappa shape index (κ3) is 3.43. The summed E-state index contributed by atoms with van der Waals surface area (Å²) < 4.78 is 27.1. The Labute approximate surface area is 142 Å². The van der Waals surface area contributed by atoms with E-state index in [2.05, 4.69) is 5.32 Å². The van der Waals surface area contributed by atoms with E-state index >= 15 is 0 Å². The van der Waals surface area contributed by atoms with Gasteiger partial charge in [0, 0.05) is 17.6 Å². The van der Waals surface area contributed by atoms with Crippen LogP contribution in [0.4, 0.5) is 14.5 Å². The van der Waals surface area contributed by atoms with Crippen LogP contribution in [0.3, 0.4) is 0 Å². The molecule has 126 valence electrons. The number of benzene rings is 2. The molecule has 0 aromatic heterocycles. The van der Waals surface area contributed by atoms with E-state index in [1.54, 1.807) is 24.3 Å². The number of nitrogens with one attached hydrogen (secondary N) is 1. The molecular weight excluding hydrogens is 338 g/mol. The summed E-state index contributed by atoms with van der Waals surface area (Å²) in [4.78, 5) is 13.6. The number of carbonyl (C=O) groups is 1. The van der Waals surface area contributed by atoms with E-state index in [-0.39, 0.29) is 36.6 Å². The van der Waals surface area contributed by atoms with Gasteiger partial charge in [-0.3, -0.25) is 4.79 Å². The third-order valence-electron chi connectivity index (χ3n) is 3.85. The first-order valence-corrected chi connectivity index (χ1v) is 7.76. The van der Waals surface area contributed by atoms with Crippen LogP contribution in [0.2, 0.25) is 5.02 Å². The molecule has 0 atom stereocenters. The van der Waals surface area contributed by atoms with Gasteiger partial charge in [-0.05, 0) is 23.8 Å². The Balaban J connectivity index is 1.70. The first-order valence-electron chi connectivity index (χ1n) is 7.38. The maximum absolute atomic E-state index is 14.2. The number of anilines is 1. The van der Waals surface area contributed by atoms with Crippen molar-refractivity contribution in [3.05, 3.63) is 58.4 Å².